The Balaban J connectivity index is 2.32. The van der Waals surface area contributed by atoms with E-state index in [1.165, 1.54) is 12.1 Å². The highest BCUT2D eigenvalue weighted by atomic mass is 79.9. The zero-order valence-corrected chi connectivity index (χ0v) is 11.9. The van der Waals surface area contributed by atoms with Gasteiger partial charge in [-0.05, 0) is 34.1 Å². The number of carbonyl (C=O) groups excluding carboxylic acids is 1. The van der Waals surface area contributed by atoms with Crippen molar-refractivity contribution in [2.75, 3.05) is 11.1 Å². The zero-order valence-electron chi connectivity index (χ0n) is 10.3. The first-order valence-corrected chi connectivity index (χ1v) is 6.34. The first kappa shape index (κ1) is 14.9. The van der Waals surface area contributed by atoms with E-state index in [1.54, 1.807) is 0 Å². The lowest BCUT2D eigenvalue weighted by molar-refractivity contribution is -0.385. The van der Waals surface area contributed by atoms with E-state index >= 15 is 0 Å². The molecule has 7 nitrogen and oxygen atoms in total. The van der Waals surface area contributed by atoms with Crippen molar-refractivity contribution in [3.05, 3.63) is 56.4 Å². The molecule has 9 heteroatoms. The van der Waals surface area contributed by atoms with E-state index in [4.69, 9.17) is 5.73 Å². The number of halogens is 2. The van der Waals surface area contributed by atoms with Crippen molar-refractivity contribution >= 4 is 39.0 Å². The Hall–Kier alpha value is -2.55. The van der Waals surface area contributed by atoms with Crippen LogP contribution in [0.2, 0.25) is 0 Å². The van der Waals surface area contributed by atoms with Gasteiger partial charge in [-0.2, -0.15) is 0 Å². The largest absolute Gasteiger partial charge is 0.383 e. The molecule has 0 atom stereocenters. The van der Waals surface area contributed by atoms with Crippen LogP contribution in [0.4, 0.5) is 21.6 Å². The van der Waals surface area contributed by atoms with Crippen molar-refractivity contribution in [2.24, 2.45) is 0 Å². The van der Waals surface area contributed by atoms with E-state index in [-0.39, 0.29) is 17.1 Å². The lowest BCUT2D eigenvalue weighted by atomic mass is 10.2. The zero-order chi connectivity index (χ0) is 15.6. The summed E-state index contributed by atoms with van der Waals surface area (Å²) in [4.78, 5) is 25.7. The summed E-state index contributed by atoms with van der Waals surface area (Å²) < 4.78 is 13.3. The second kappa shape index (κ2) is 5.83. The van der Waals surface area contributed by atoms with Gasteiger partial charge in [0.2, 0.25) is 0 Å². The molecule has 0 aliphatic carbocycles. The Kier molecular flexibility index (Phi) is 4.13. The highest BCUT2D eigenvalue weighted by Gasteiger charge is 2.17. The van der Waals surface area contributed by atoms with Crippen LogP contribution in [0.3, 0.4) is 0 Å². The van der Waals surface area contributed by atoms with Gasteiger partial charge in [0.1, 0.15) is 17.8 Å². The molecule has 0 aliphatic heterocycles. The summed E-state index contributed by atoms with van der Waals surface area (Å²) in [5.41, 5.74) is 5.35. The van der Waals surface area contributed by atoms with Crippen LogP contribution in [0.1, 0.15) is 10.4 Å². The van der Waals surface area contributed by atoms with Crippen molar-refractivity contribution in [2.45, 2.75) is 0 Å². The molecular weight excluding hydrogens is 347 g/mol. The Bertz CT molecular complexity index is 738. The van der Waals surface area contributed by atoms with E-state index in [1.807, 2.05) is 0 Å². The number of benzene rings is 1. The molecule has 1 heterocycles. The maximum atomic E-state index is 13.0. The number of aromatic nitrogens is 1. The summed E-state index contributed by atoms with van der Waals surface area (Å²) in [7, 11) is 0. The number of nitrogens with two attached hydrogens (primary N) is 1. The topological polar surface area (TPSA) is 111 Å². The lowest BCUT2D eigenvalue weighted by Gasteiger charge is -2.08. The smallest absolute Gasteiger partial charge is 0.288 e. The molecule has 0 aliphatic rings. The number of nitro groups is 1. The third-order valence-corrected chi connectivity index (χ3v) is 3.19. The van der Waals surface area contributed by atoms with Gasteiger partial charge >= 0.3 is 0 Å². The number of anilines is 2. The van der Waals surface area contributed by atoms with Gasteiger partial charge < -0.3 is 11.1 Å². The maximum absolute atomic E-state index is 13.0. The van der Waals surface area contributed by atoms with Crippen LogP contribution in [-0.4, -0.2) is 15.8 Å². The van der Waals surface area contributed by atoms with Crippen LogP contribution in [0.25, 0.3) is 0 Å². The quantitative estimate of drug-likeness (QED) is 0.650. The number of rotatable bonds is 3. The molecule has 1 amide bonds. The molecule has 3 N–H and O–H groups in total. The van der Waals surface area contributed by atoms with E-state index in [0.717, 1.165) is 18.3 Å². The summed E-state index contributed by atoms with van der Waals surface area (Å²) in [5, 5.41) is 13.1. The molecule has 0 saturated carbocycles. The van der Waals surface area contributed by atoms with Gasteiger partial charge in [0.15, 0.2) is 0 Å². The van der Waals surface area contributed by atoms with E-state index in [0.29, 0.717) is 10.2 Å². The Labute approximate surface area is 126 Å². The molecule has 1 aromatic heterocycles. The minimum Gasteiger partial charge on any atom is -0.383 e. The van der Waals surface area contributed by atoms with Crippen LogP contribution in [-0.2, 0) is 0 Å². The molecule has 2 aromatic rings. The van der Waals surface area contributed by atoms with Gasteiger partial charge in [-0.3, -0.25) is 14.9 Å². The van der Waals surface area contributed by atoms with E-state index < -0.39 is 16.6 Å². The maximum Gasteiger partial charge on any atom is 0.288 e. The third kappa shape index (κ3) is 3.31. The van der Waals surface area contributed by atoms with Crippen LogP contribution in [0.15, 0.2) is 34.9 Å². The standard InChI is InChI=1S/C12H8BrFN4O3/c13-9-3-6(14)1-2-10(9)17-12(19)8-4-7(18(20)21)5-16-11(8)15/h1-5H,(H2,15,16)(H,17,19). The number of nitrogens with one attached hydrogen (secondary N) is 1. The monoisotopic (exact) mass is 354 g/mol. The molecule has 2 rings (SSSR count). The fourth-order valence-corrected chi connectivity index (χ4v) is 1.98. The van der Waals surface area contributed by atoms with Crippen LogP contribution in [0.5, 0.6) is 0 Å². The number of hydrogen-bond acceptors (Lipinski definition) is 5. The van der Waals surface area contributed by atoms with Gasteiger partial charge in [0, 0.05) is 10.5 Å². The summed E-state index contributed by atoms with van der Waals surface area (Å²) in [6.45, 7) is 0. The summed E-state index contributed by atoms with van der Waals surface area (Å²) in [5.74, 6) is -1.30. The average molecular weight is 355 g/mol. The summed E-state index contributed by atoms with van der Waals surface area (Å²) in [6, 6.07) is 4.70. The summed E-state index contributed by atoms with van der Waals surface area (Å²) in [6.07, 6.45) is 0.958. The van der Waals surface area contributed by atoms with E-state index in [9.17, 15) is 19.3 Å². The molecule has 0 fully saturated rings. The normalized spacial score (nSPS) is 10.2. The SMILES string of the molecule is Nc1ncc([N+](=O)[O-])cc1C(=O)Nc1ccc(F)cc1Br. The van der Waals surface area contributed by atoms with Crippen LogP contribution in [0, 0.1) is 15.9 Å². The van der Waals surface area contributed by atoms with Gasteiger partial charge in [0.05, 0.1) is 16.2 Å². The molecular formula is C12H8BrFN4O3. The molecule has 0 bridgehead atoms. The van der Waals surface area contributed by atoms with Crippen molar-refractivity contribution < 1.29 is 14.1 Å². The molecule has 0 spiro atoms. The Morgan fingerprint density at radius 2 is 2.14 bits per heavy atom. The molecule has 1 aromatic carbocycles. The highest BCUT2D eigenvalue weighted by Crippen LogP contribution is 2.25. The van der Waals surface area contributed by atoms with Crippen molar-refractivity contribution in [3.63, 3.8) is 0 Å². The minimum absolute atomic E-state index is 0.138. The van der Waals surface area contributed by atoms with Crippen molar-refractivity contribution in [3.8, 4) is 0 Å². The number of nitrogens with zero attached hydrogens (tertiary/aromatic N) is 2. The average Bonchev–Trinajstić information content (AvgIpc) is 2.42. The molecule has 0 unspecified atom stereocenters. The first-order valence-electron chi connectivity index (χ1n) is 5.55. The second-order valence-electron chi connectivity index (χ2n) is 3.96. The van der Waals surface area contributed by atoms with Gasteiger partial charge in [-0.15, -0.1) is 0 Å². The Morgan fingerprint density at radius 1 is 1.43 bits per heavy atom. The second-order valence-corrected chi connectivity index (χ2v) is 4.82. The molecule has 108 valence electrons. The molecule has 0 saturated heterocycles. The highest BCUT2D eigenvalue weighted by molar-refractivity contribution is 9.10. The van der Waals surface area contributed by atoms with Gasteiger partial charge in [-0.25, -0.2) is 9.37 Å². The number of hydrogen-bond donors (Lipinski definition) is 2. The van der Waals surface area contributed by atoms with Gasteiger partial charge in [-0.1, -0.05) is 0 Å². The minimum atomic E-state index is -0.684. The third-order valence-electron chi connectivity index (χ3n) is 2.54. The van der Waals surface area contributed by atoms with Crippen molar-refractivity contribution in [1.82, 2.24) is 4.98 Å². The van der Waals surface area contributed by atoms with E-state index in [2.05, 4.69) is 26.2 Å². The number of amides is 1. The fourth-order valence-electron chi connectivity index (χ4n) is 1.53. The number of pyridine rings is 1. The predicted molar refractivity (Wildman–Crippen MR) is 77.4 cm³/mol. The predicted octanol–water partition coefficient (Wildman–Crippen LogP) is 2.73. The van der Waals surface area contributed by atoms with Crippen LogP contribution < -0.4 is 11.1 Å². The van der Waals surface area contributed by atoms with Crippen molar-refractivity contribution in [1.29, 1.82) is 0 Å². The first-order chi connectivity index (χ1) is 9.88. The molecule has 0 radical (unpaired) electrons. The van der Waals surface area contributed by atoms with Crippen LogP contribution >= 0.6 is 15.9 Å². The number of carbonyl (C=O) groups is 1. The molecule has 21 heavy (non-hydrogen) atoms. The van der Waals surface area contributed by atoms with Gasteiger partial charge in [0.25, 0.3) is 11.6 Å². The Morgan fingerprint density at radius 3 is 2.76 bits per heavy atom. The number of nitrogen functional groups attached to an aromatic ring is 1. The summed E-state index contributed by atoms with van der Waals surface area (Å²) >= 11 is 3.09. The lowest BCUT2D eigenvalue weighted by Crippen LogP contribution is -2.15. The fraction of sp³-hybridized carbons (Fsp3) is 0.